The summed E-state index contributed by atoms with van der Waals surface area (Å²) in [6.07, 6.45) is 0. The van der Waals surface area contributed by atoms with Crippen molar-refractivity contribution in [3.05, 3.63) is 47.5 Å². The van der Waals surface area contributed by atoms with Crippen molar-refractivity contribution in [2.75, 3.05) is 0 Å². The summed E-state index contributed by atoms with van der Waals surface area (Å²) in [5.74, 6) is 0. The van der Waals surface area contributed by atoms with Gasteiger partial charge in [-0.15, -0.1) is 12.6 Å². The van der Waals surface area contributed by atoms with Gasteiger partial charge in [-0.05, 0) is 52.5 Å². The van der Waals surface area contributed by atoms with Crippen molar-refractivity contribution in [1.29, 1.82) is 0 Å². The predicted octanol–water partition coefficient (Wildman–Crippen LogP) is 3.53. The summed E-state index contributed by atoms with van der Waals surface area (Å²) in [5, 5.41) is 0.504. The number of hydrogen-bond donors (Lipinski definition) is 1. The smallest absolute Gasteiger partial charge is 0.0412 e. The summed E-state index contributed by atoms with van der Waals surface area (Å²) >= 11 is 7.79. The zero-order valence-corrected chi connectivity index (χ0v) is 11.1. The van der Waals surface area contributed by atoms with E-state index in [0.717, 1.165) is 10.5 Å². The maximum atomic E-state index is 11.1. The molecule has 0 aliphatic carbocycles. The monoisotopic (exact) mass is 283 g/mol. The van der Waals surface area contributed by atoms with Crippen LogP contribution in [-0.2, 0) is 11.1 Å². The van der Waals surface area contributed by atoms with Crippen LogP contribution in [0.15, 0.2) is 52.3 Å². The van der Waals surface area contributed by atoms with Crippen LogP contribution < -0.4 is 0 Å². The minimum atomic E-state index is -2.28. The molecule has 0 N–H and O–H groups in total. The molecule has 0 amide bonds. The molecule has 2 nitrogen and oxygen atoms in total. The van der Waals surface area contributed by atoms with Gasteiger partial charge in [0, 0.05) is 14.8 Å². The predicted molar refractivity (Wildman–Crippen MR) is 71.3 cm³/mol. The summed E-state index contributed by atoms with van der Waals surface area (Å²) < 4.78 is 22.2. The third kappa shape index (κ3) is 2.90. The third-order valence-electron chi connectivity index (χ3n) is 2.30. The number of thiol groups is 1. The largest absolute Gasteiger partial charge is 0.768 e. The molecule has 2 aromatic rings. The van der Waals surface area contributed by atoms with Crippen molar-refractivity contribution in [2.24, 2.45) is 0 Å². The van der Waals surface area contributed by atoms with E-state index in [2.05, 4.69) is 12.6 Å². The lowest BCUT2D eigenvalue weighted by Gasteiger charge is -2.12. The topological polar surface area (TPSA) is 40.1 Å². The molecule has 1 atom stereocenters. The molecule has 0 aliphatic heterocycles. The first kappa shape index (κ1) is 12.6. The Hall–Kier alpha value is -0.810. The minimum Gasteiger partial charge on any atom is -0.768 e. The number of benzene rings is 2. The van der Waals surface area contributed by atoms with Gasteiger partial charge < -0.3 is 4.55 Å². The molecule has 5 heteroatoms. The van der Waals surface area contributed by atoms with Gasteiger partial charge in [-0.25, -0.2) is 0 Å². The lowest BCUT2D eigenvalue weighted by molar-refractivity contribution is 0.537. The van der Waals surface area contributed by atoms with Crippen molar-refractivity contribution < 1.29 is 8.76 Å². The highest BCUT2D eigenvalue weighted by Gasteiger charge is 2.06. The first-order valence-electron chi connectivity index (χ1n) is 4.76. The van der Waals surface area contributed by atoms with Gasteiger partial charge in [0.05, 0.1) is 0 Å². The summed E-state index contributed by atoms with van der Waals surface area (Å²) in [6, 6.07) is 11.9. The van der Waals surface area contributed by atoms with E-state index in [4.69, 9.17) is 11.6 Å². The molecule has 1 unspecified atom stereocenters. The highest BCUT2D eigenvalue weighted by Crippen LogP contribution is 2.29. The Morgan fingerprint density at radius 2 is 1.76 bits per heavy atom. The molecule has 0 aromatic heterocycles. The fourth-order valence-corrected chi connectivity index (χ4v) is 2.37. The normalized spacial score (nSPS) is 12.4. The van der Waals surface area contributed by atoms with Gasteiger partial charge in [0.1, 0.15) is 0 Å². The molecule has 0 saturated heterocycles. The fourth-order valence-electron chi connectivity index (χ4n) is 1.51. The number of hydrogen-bond acceptors (Lipinski definition) is 3. The molecule has 2 aromatic carbocycles. The van der Waals surface area contributed by atoms with E-state index < -0.39 is 11.1 Å². The number of rotatable bonds is 2. The second-order valence-electron chi connectivity index (χ2n) is 3.42. The molecule has 0 fully saturated rings. The van der Waals surface area contributed by atoms with Gasteiger partial charge in [0.15, 0.2) is 0 Å². The minimum absolute atomic E-state index is 0.237. The molecular weight excluding hydrogens is 276 g/mol. The van der Waals surface area contributed by atoms with Crippen LogP contribution in [-0.4, -0.2) is 8.76 Å². The van der Waals surface area contributed by atoms with Crippen molar-refractivity contribution in [1.82, 2.24) is 0 Å². The van der Waals surface area contributed by atoms with Crippen LogP contribution >= 0.6 is 24.2 Å². The summed E-state index contributed by atoms with van der Waals surface area (Å²) in [6.45, 7) is 0. The Labute approximate surface area is 112 Å². The Morgan fingerprint density at radius 1 is 1.12 bits per heavy atom. The second-order valence-corrected chi connectivity index (χ2v) is 5.28. The van der Waals surface area contributed by atoms with E-state index >= 15 is 0 Å². The lowest BCUT2D eigenvalue weighted by Crippen LogP contribution is -1.93. The van der Waals surface area contributed by atoms with Crippen LogP contribution in [0.5, 0.6) is 0 Å². The molecule has 0 aliphatic rings. The van der Waals surface area contributed by atoms with E-state index in [1.54, 1.807) is 24.3 Å². The van der Waals surface area contributed by atoms with E-state index in [0.29, 0.717) is 10.6 Å². The SMILES string of the molecule is O=S([O-])c1ccc(Cl)cc1-c1ccc(S)cc1. The maximum absolute atomic E-state index is 11.1. The molecule has 88 valence electrons. The van der Waals surface area contributed by atoms with Crippen molar-refractivity contribution in [3.8, 4) is 11.1 Å². The third-order valence-corrected chi connectivity index (χ3v) is 3.55. The maximum Gasteiger partial charge on any atom is 0.0412 e. The first-order chi connectivity index (χ1) is 8.08. The van der Waals surface area contributed by atoms with Crippen molar-refractivity contribution in [3.63, 3.8) is 0 Å². The van der Waals surface area contributed by atoms with Gasteiger partial charge in [0.25, 0.3) is 0 Å². The summed E-state index contributed by atoms with van der Waals surface area (Å²) in [5.41, 5.74) is 1.39. The van der Waals surface area contributed by atoms with Gasteiger partial charge in [0.2, 0.25) is 0 Å². The van der Waals surface area contributed by atoms with Crippen LogP contribution in [0.2, 0.25) is 5.02 Å². The van der Waals surface area contributed by atoms with Crippen LogP contribution in [0.3, 0.4) is 0 Å². The average Bonchev–Trinajstić information content (AvgIpc) is 2.29. The zero-order valence-electron chi connectivity index (χ0n) is 8.59. The number of halogens is 1. The van der Waals surface area contributed by atoms with Crippen LogP contribution in [0, 0.1) is 0 Å². The lowest BCUT2D eigenvalue weighted by atomic mass is 10.1. The Balaban J connectivity index is 2.60. The van der Waals surface area contributed by atoms with E-state index in [9.17, 15) is 8.76 Å². The van der Waals surface area contributed by atoms with Gasteiger partial charge in [-0.1, -0.05) is 23.7 Å². The highest BCUT2D eigenvalue weighted by molar-refractivity contribution is 7.80. The Kier molecular flexibility index (Phi) is 3.89. The molecule has 0 heterocycles. The van der Waals surface area contributed by atoms with Crippen LogP contribution in [0.1, 0.15) is 0 Å². The molecule has 2 rings (SSSR count). The summed E-state index contributed by atoms with van der Waals surface area (Å²) in [4.78, 5) is 1.06. The molecule has 0 radical (unpaired) electrons. The molecule has 17 heavy (non-hydrogen) atoms. The second kappa shape index (κ2) is 5.23. The van der Waals surface area contributed by atoms with Gasteiger partial charge >= 0.3 is 0 Å². The van der Waals surface area contributed by atoms with Crippen LogP contribution in [0.25, 0.3) is 11.1 Å². The van der Waals surface area contributed by atoms with Crippen molar-refractivity contribution in [2.45, 2.75) is 9.79 Å². The highest BCUT2D eigenvalue weighted by atomic mass is 35.5. The Bertz CT molecular complexity index is 567. The molecule has 0 saturated carbocycles. The molecular formula is C12H8ClO2S2-. The average molecular weight is 284 g/mol. The quantitative estimate of drug-likeness (QED) is 0.676. The van der Waals surface area contributed by atoms with Crippen molar-refractivity contribution >= 4 is 35.3 Å². The fraction of sp³-hybridized carbons (Fsp3) is 0. The van der Waals surface area contributed by atoms with Crippen LogP contribution in [0.4, 0.5) is 0 Å². The van der Waals surface area contributed by atoms with Gasteiger partial charge in [-0.3, -0.25) is 4.21 Å². The van der Waals surface area contributed by atoms with E-state index in [1.807, 2.05) is 12.1 Å². The van der Waals surface area contributed by atoms with E-state index in [1.165, 1.54) is 6.07 Å². The van der Waals surface area contributed by atoms with Gasteiger partial charge in [-0.2, -0.15) is 0 Å². The molecule has 0 bridgehead atoms. The standard InChI is InChI=1S/C12H9ClO2S2/c13-9-3-6-12(17(14)15)11(7-9)8-1-4-10(16)5-2-8/h1-7,16H,(H,14,15)/p-1. The molecule has 0 spiro atoms. The Morgan fingerprint density at radius 3 is 2.35 bits per heavy atom. The van der Waals surface area contributed by atoms with E-state index in [-0.39, 0.29) is 4.90 Å². The first-order valence-corrected chi connectivity index (χ1v) is 6.66. The zero-order chi connectivity index (χ0) is 12.4. The summed E-state index contributed by atoms with van der Waals surface area (Å²) in [7, 11) is 0.